The van der Waals surface area contributed by atoms with Gasteiger partial charge in [-0.05, 0) is 20.8 Å². The predicted molar refractivity (Wildman–Crippen MR) is 88.1 cm³/mol. The van der Waals surface area contributed by atoms with Crippen LogP contribution in [0.2, 0.25) is 0 Å². The van der Waals surface area contributed by atoms with Crippen LogP contribution < -0.4 is 10.2 Å². The Balaban J connectivity index is 1.91. The summed E-state index contributed by atoms with van der Waals surface area (Å²) in [5, 5.41) is 13.8. The molecule has 2 amide bonds. The molecule has 8 nitrogen and oxygen atoms in total. The van der Waals surface area contributed by atoms with Crippen molar-refractivity contribution in [1.82, 2.24) is 30.0 Å². The third-order valence-electron chi connectivity index (χ3n) is 4.52. The van der Waals surface area contributed by atoms with Crippen LogP contribution >= 0.6 is 0 Å². The lowest BCUT2D eigenvalue weighted by Gasteiger charge is -2.36. The van der Waals surface area contributed by atoms with E-state index in [0.717, 1.165) is 10.1 Å². The van der Waals surface area contributed by atoms with E-state index in [9.17, 15) is 18.0 Å². The van der Waals surface area contributed by atoms with Crippen molar-refractivity contribution in [1.29, 1.82) is 0 Å². The summed E-state index contributed by atoms with van der Waals surface area (Å²) in [7, 11) is 0. The number of nitrogens with one attached hydrogen (secondary N) is 1. The van der Waals surface area contributed by atoms with Crippen LogP contribution in [0, 0.1) is 13.8 Å². The zero-order valence-corrected chi connectivity index (χ0v) is 14.8. The SMILES string of the molecule is CCNC(=O)N1CCN(c2nn3c(C(F)(F)F)nnc3c(C)c2C)CC1. The molecule has 0 radical (unpaired) electrons. The molecule has 0 aliphatic carbocycles. The van der Waals surface area contributed by atoms with E-state index in [0.29, 0.717) is 44.1 Å². The molecule has 1 fully saturated rings. The van der Waals surface area contributed by atoms with Gasteiger partial charge in [0.1, 0.15) is 0 Å². The number of anilines is 1. The van der Waals surface area contributed by atoms with E-state index in [4.69, 9.17) is 0 Å². The number of alkyl halides is 3. The number of hydrogen-bond donors (Lipinski definition) is 1. The van der Waals surface area contributed by atoms with Crippen LogP contribution in [-0.2, 0) is 6.18 Å². The zero-order valence-electron chi connectivity index (χ0n) is 14.8. The summed E-state index contributed by atoms with van der Waals surface area (Å²) in [5.41, 5.74) is 1.45. The minimum absolute atomic E-state index is 0.0968. The molecular weight excluding hydrogens is 351 g/mol. The molecular formula is C15H20F3N7O. The lowest BCUT2D eigenvalue weighted by atomic mass is 10.1. The third-order valence-corrected chi connectivity index (χ3v) is 4.52. The largest absolute Gasteiger partial charge is 0.453 e. The number of amides is 2. The summed E-state index contributed by atoms with van der Waals surface area (Å²) in [6.45, 7) is 7.81. The Morgan fingerprint density at radius 1 is 1.12 bits per heavy atom. The van der Waals surface area contributed by atoms with Crippen LogP contribution in [0.25, 0.3) is 5.65 Å². The Kier molecular flexibility index (Phi) is 4.63. The molecule has 0 spiro atoms. The molecule has 0 saturated carbocycles. The van der Waals surface area contributed by atoms with Crippen molar-refractivity contribution in [3.8, 4) is 0 Å². The summed E-state index contributed by atoms with van der Waals surface area (Å²) in [6.07, 6.45) is -4.64. The highest BCUT2D eigenvalue weighted by Gasteiger charge is 2.38. The van der Waals surface area contributed by atoms with Crippen LogP contribution in [0.1, 0.15) is 23.9 Å². The molecule has 2 aromatic rings. The molecule has 1 N–H and O–H groups in total. The molecule has 0 bridgehead atoms. The Bertz CT molecular complexity index is 825. The number of carbonyl (C=O) groups is 1. The van der Waals surface area contributed by atoms with Gasteiger partial charge in [0.05, 0.1) is 0 Å². The highest BCUT2D eigenvalue weighted by Crippen LogP contribution is 2.30. The van der Waals surface area contributed by atoms with Crippen molar-refractivity contribution in [2.45, 2.75) is 26.9 Å². The molecule has 1 saturated heterocycles. The van der Waals surface area contributed by atoms with Gasteiger partial charge in [-0.25, -0.2) is 4.79 Å². The molecule has 1 aliphatic heterocycles. The van der Waals surface area contributed by atoms with Crippen LogP contribution in [0.15, 0.2) is 0 Å². The summed E-state index contributed by atoms with van der Waals surface area (Å²) in [4.78, 5) is 15.5. The normalized spacial score (nSPS) is 15.6. The molecule has 11 heteroatoms. The monoisotopic (exact) mass is 371 g/mol. The molecule has 142 valence electrons. The maximum absolute atomic E-state index is 13.1. The van der Waals surface area contributed by atoms with Crippen molar-refractivity contribution in [2.24, 2.45) is 0 Å². The second kappa shape index (κ2) is 6.61. The quantitative estimate of drug-likeness (QED) is 0.868. The Labute approximate surface area is 148 Å². The van der Waals surface area contributed by atoms with Gasteiger partial charge < -0.3 is 15.1 Å². The predicted octanol–water partition coefficient (Wildman–Crippen LogP) is 1.61. The van der Waals surface area contributed by atoms with E-state index in [2.05, 4.69) is 20.6 Å². The van der Waals surface area contributed by atoms with E-state index in [1.165, 1.54) is 0 Å². The van der Waals surface area contributed by atoms with Gasteiger partial charge >= 0.3 is 12.2 Å². The molecule has 2 aromatic heterocycles. The molecule has 0 aromatic carbocycles. The van der Waals surface area contributed by atoms with E-state index in [-0.39, 0.29) is 11.7 Å². The molecule has 26 heavy (non-hydrogen) atoms. The average Bonchev–Trinajstić information content (AvgIpc) is 3.03. The zero-order chi connectivity index (χ0) is 19.1. The topological polar surface area (TPSA) is 78.7 Å². The maximum atomic E-state index is 13.1. The van der Waals surface area contributed by atoms with E-state index in [1.807, 2.05) is 11.8 Å². The Morgan fingerprint density at radius 2 is 1.77 bits per heavy atom. The summed E-state index contributed by atoms with van der Waals surface area (Å²) < 4.78 is 40.2. The Hall–Kier alpha value is -2.59. The van der Waals surface area contributed by atoms with Crippen molar-refractivity contribution in [3.05, 3.63) is 17.0 Å². The first-order valence-corrected chi connectivity index (χ1v) is 8.31. The highest BCUT2D eigenvalue weighted by atomic mass is 19.4. The first kappa shape index (κ1) is 18.2. The fraction of sp³-hybridized carbons (Fsp3) is 0.600. The minimum atomic E-state index is -4.64. The number of aryl methyl sites for hydroxylation is 1. The lowest BCUT2D eigenvalue weighted by Crippen LogP contribution is -2.52. The second-order valence-corrected chi connectivity index (χ2v) is 6.14. The van der Waals surface area contributed by atoms with Crippen LogP contribution in [0.3, 0.4) is 0 Å². The number of rotatable bonds is 2. The standard InChI is InChI=1S/C15H20F3N7O/c1-4-19-14(26)24-7-5-23(6-8-24)12-10(3)9(2)11-20-21-13(15(16,17)18)25(11)22-12/h4-8H2,1-3H3,(H,19,26). The number of fused-ring (bicyclic) bond motifs is 1. The number of halogens is 3. The molecule has 3 heterocycles. The molecule has 0 unspecified atom stereocenters. The number of aromatic nitrogens is 4. The van der Waals surface area contributed by atoms with Gasteiger partial charge in [-0.2, -0.15) is 17.7 Å². The molecule has 3 rings (SSSR count). The maximum Gasteiger partial charge on any atom is 0.453 e. The van der Waals surface area contributed by atoms with Gasteiger partial charge in [-0.15, -0.1) is 15.3 Å². The summed E-state index contributed by atoms with van der Waals surface area (Å²) in [6, 6.07) is -0.137. The third kappa shape index (κ3) is 3.13. The van der Waals surface area contributed by atoms with Gasteiger partial charge in [-0.1, -0.05) is 0 Å². The number of nitrogens with zero attached hydrogens (tertiary/aromatic N) is 6. The molecule has 1 aliphatic rings. The van der Waals surface area contributed by atoms with Gasteiger partial charge in [0.2, 0.25) is 0 Å². The first-order chi connectivity index (χ1) is 12.2. The average molecular weight is 371 g/mol. The number of urea groups is 1. The number of hydrogen-bond acceptors (Lipinski definition) is 5. The summed E-state index contributed by atoms with van der Waals surface area (Å²) in [5.74, 6) is -0.686. The molecule has 0 atom stereocenters. The first-order valence-electron chi connectivity index (χ1n) is 8.31. The van der Waals surface area contributed by atoms with Gasteiger partial charge in [0.25, 0.3) is 5.82 Å². The minimum Gasteiger partial charge on any atom is -0.351 e. The van der Waals surface area contributed by atoms with Crippen LogP contribution in [-0.4, -0.2) is 63.5 Å². The van der Waals surface area contributed by atoms with Crippen LogP contribution in [0.5, 0.6) is 0 Å². The van der Waals surface area contributed by atoms with Crippen molar-refractivity contribution in [2.75, 3.05) is 37.6 Å². The van der Waals surface area contributed by atoms with Gasteiger partial charge in [0, 0.05) is 43.9 Å². The van der Waals surface area contributed by atoms with Gasteiger partial charge in [0.15, 0.2) is 11.5 Å². The lowest BCUT2D eigenvalue weighted by molar-refractivity contribution is -0.146. The second-order valence-electron chi connectivity index (χ2n) is 6.14. The fourth-order valence-corrected chi connectivity index (χ4v) is 2.98. The van der Waals surface area contributed by atoms with Crippen molar-refractivity contribution < 1.29 is 18.0 Å². The number of carbonyl (C=O) groups excluding carboxylic acids is 1. The van der Waals surface area contributed by atoms with Gasteiger partial charge in [-0.3, -0.25) is 0 Å². The smallest absolute Gasteiger partial charge is 0.351 e. The fourth-order valence-electron chi connectivity index (χ4n) is 2.98. The van der Waals surface area contributed by atoms with Crippen molar-refractivity contribution in [3.63, 3.8) is 0 Å². The highest BCUT2D eigenvalue weighted by molar-refractivity contribution is 5.74. The number of piperazine rings is 1. The Morgan fingerprint density at radius 3 is 2.35 bits per heavy atom. The summed E-state index contributed by atoms with van der Waals surface area (Å²) >= 11 is 0. The van der Waals surface area contributed by atoms with E-state index < -0.39 is 12.0 Å². The van der Waals surface area contributed by atoms with E-state index >= 15 is 0 Å². The van der Waals surface area contributed by atoms with Crippen molar-refractivity contribution >= 4 is 17.5 Å². The van der Waals surface area contributed by atoms with Crippen LogP contribution in [0.4, 0.5) is 23.8 Å². The van der Waals surface area contributed by atoms with E-state index in [1.54, 1.807) is 18.7 Å².